The SMILES string of the molecule is Cn1ccc2ccc(CCC=O)cc21. The maximum atomic E-state index is 10.3. The van der Waals surface area contributed by atoms with E-state index < -0.39 is 0 Å². The third-order valence-electron chi connectivity index (χ3n) is 2.50. The molecule has 2 heteroatoms. The molecule has 0 aliphatic heterocycles. The molecule has 0 atom stereocenters. The van der Waals surface area contributed by atoms with Gasteiger partial charge >= 0.3 is 0 Å². The van der Waals surface area contributed by atoms with Crippen LogP contribution in [0.5, 0.6) is 0 Å². The molecule has 2 nitrogen and oxygen atoms in total. The summed E-state index contributed by atoms with van der Waals surface area (Å²) in [5.74, 6) is 0. The van der Waals surface area contributed by atoms with Crippen LogP contribution in [0.3, 0.4) is 0 Å². The number of fused-ring (bicyclic) bond motifs is 1. The third kappa shape index (κ3) is 1.55. The van der Waals surface area contributed by atoms with Crippen molar-refractivity contribution in [2.45, 2.75) is 12.8 Å². The van der Waals surface area contributed by atoms with Crippen molar-refractivity contribution in [3.05, 3.63) is 36.0 Å². The van der Waals surface area contributed by atoms with E-state index in [2.05, 4.69) is 28.8 Å². The zero-order chi connectivity index (χ0) is 9.97. The van der Waals surface area contributed by atoms with Crippen LogP contribution < -0.4 is 0 Å². The van der Waals surface area contributed by atoms with Gasteiger partial charge in [0.25, 0.3) is 0 Å². The monoisotopic (exact) mass is 187 g/mol. The Morgan fingerprint density at radius 2 is 2.21 bits per heavy atom. The molecule has 0 amide bonds. The molecule has 0 unspecified atom stereocenters. The summed E-state index contributed by atoms with van der Waals surface area (Å²) in [4.78, 5) is 10.3. The standard InChI is InChI=1S/C12H13NO/c1-13-7-6-11-5-4-10(3-2-8-14)9-12(11)13/h4-9H,2-3H2,1H3. The molecule has 2 rings (SSSR count). The van der Waals surface area contributed by atoms with Crippen LogP contribution in [0.1, 0.15) is 12.0 Å². The van der Waals surface area contributed by atoms with Gasteiger partial charge < -0.3 is 9.36 Å². The van der Waals surface area contributed by atoms with Crippen LogP contribution in [-0.4, -0.2) is 10.9 Å². The molecule has 2 aromatic rings. The number of hydrogen-bond acceptors (Lipinski definition) is 1. The molecule has 0 aliphatic carbocycles. The first-order valence-corrected chi connectivity index (χ1v) is 4.79. The maximum absolute atomic E-state index is 10.3. The zero-order valence-corrected chi connectivity index (χ0v) is 8.23. The molecular weight excluding hydrogens is 174 g/mol. The first-order valence-electron chi connectivity index (χ1n) is 4.79. The predicted octanol–water partition coefficient (Wildman–Crippen LogP) is 2.31. The Kier molecular flexibility index (Phi) is 2.35. The number of rotatable bonds is 3. The van der Waals surface area contributed by atoms with Crippen molar-refractivity contribution in [2.24, 2.45) is 7.05 Å². The Bertz CT molecular complexity index is 456. The number of benzene rings is 1. The molecule has 1 aromatic carbocycles. The number of aryl methyl sites for hydroxylation is 2. The highest BCUT2D eigenvalue weighted by atomic mass is 16.1. The van der Waals surface area contributed by atoms with Crippen molar-refractivity contribution in [1.82, 2.24) is 4.57 Å². The highest BCUT2D eigenvalue weighted by Crippen LogP contribution is 2.17. The molecule has 0 bridgehead atoms. The van der Waals surface area contributed by atoms with Crippen molar-refractivity contribution in [2.75, 3.05) is 0 Å². The van der Waals surface area contributed by atoms with Crippen molar-refractivity contribution < 1.29 is 4.79 Å². The molecule has 0 radical (unpaired) electrons. The second-order valence-corrected chi connectivity index (χ2v) is 3.53. The van der Waals surface area contributed by atoms with Crippen molar-refractivity contribution >= 4 is 17.2 Å². The number of carbonyl (C=O) groups excluding carboxylic acids is 1. The summed E-state index contributed by atoms with van der Waals surface area (Å²) in [5.41, 5.74) is 2.46. The van der Waals surface area contributed by atoms with Gasteiger partial charge in [0.1, 0.15) is 6.29 Å². The molecule has 0 aliphatic rings. The minimum absolute atomic E-state index is 0.607. The van der Waals surface area contributed by atoms with Crippen molar-refractivity contribution in [1.29, 1.82) is 0 Å². The van der Waals surface area contributed by atoms with Crippen molar-refractivity contribution in [3.8, 4) is 0 Å². The normalized spacial score (nSPS) is 10.6. The second-order valence-electron chi connectivity index (χ2n) is 3.53. The molecule has 14 heavy (non-hydrogen) atoms. The summed E-state index contributed by atoms with van der Waals surface area (Å²) in [5, 5.41) is 1.25. The van der Waals surface area contributed by atoms with Crippen LogP contribution >= 0.6 is 0 Å². The predicted molar refractivity (Wildman–Crippen MR) is 57.3 cm³/mol. The minimum Gasteiger partial charge on any atom is -0.351 e. The maximum Gasteiger partial charge on any atom is 0.120 e. The van der Waals surface area contributed by atoms with Crippen LogP contribution in [0.4, 0.5) is 0 Å². The van der Waals surface area contributed by atoms with E-state index in [-0.39, 0.29) is 0 Å². The number of nitrogens with zero attached hydrogens (tertiary/aromatic N) is 1. The second kappa shape index (κ2) is 3.66. The van der Waals surface area contributed by atoms with Crippen LogP contribution in [0.2, 0.25) is 0 Å². The van der Waals surface area contributed by atoms with Crippen molar-refractivity contribution in [3.63, 3.8) is 0 Å². The highest BCUT2D eigenvalue weighted by Gasteiger charge is 1.99. The quantitative estimate of drug-likeness (QED) is 0.676. The fourth-order valence-corrected chi connectivity index (χ4v) is 1.69. The Hall–Kier alpha value is -1.57. The Morgan fingerprint density at radius 1 is 1.36 bits per heavy atom. The summed E-state index contributed by atoms with van der Waals surface area (Å²) in [6, 6.07) is 8.44. The van der Waals surface area contributed by atoms with Gasteiger partial charge in [-0.3, -0.25) is 0 Å². The summed E-state index contributed by atoms with van der Waals surface area (Å²) < 4.78 is 2.10. The fraction of sp³-hybridized carbons (Fsp3) is 0.250. The minimum atomic E-state index is 0.607. The molecule has 0 saturated carbocycles. The summed E-state index contributed by atoms with van der Waals surface area (Å²) in [6.45, 7) is 0. The number of hydrogen-bond donors (Lipinski definition) is 0. The van der Waals surface area contributed by atoms with Gasteiger partial charge in [0, 0.05) is 25.2 Å². The van der Waals surface area contributed by atoms with Gasteiger partial charge in [0.15, 0.2) is 0 Å². The zero-order valence-electron chi connectivity index (χ0n) is 8.23. The van der Waals surface area contributed by atoms with E-state index in [9.17, 15) is 4.79 Å². The van der Waals surface area contributed by atoms with Gasteiger partial charge in [-0.15, -0.1) is 0 Å². The Morgan fingerprint density at radius 3 is 3.00 bits per heavy atom. The van der Waals surface area contributed by atoms with E-state index in [0.717, 1.165) is 12.7 Å². The van der Waals surface area contributed by atoms with E-state index >= 15 is 0 Å². The average molecular weight is 187 g/mol. The molecule has 1 aromatic heterocycles. The van der Waals surface area contributed by atoms with Gasteiger partial charge in [-0.05, 0) is 29.5 Å². The van der Waals surface area contributed by atoms with Gasteiger partial charge in [-0.1, -0.05) is 12.1 Å². The van der Waals surface area contributed by atoms with E-state index in [1.54, 1.807) is 0 Å². The summed E-state index contributed by atoms with van der Waals surface area (Å²) in [7, 11) is 2.03. The largest absolute Gasteiger partial charge is 0.351 e. The van der Waals surface area contributed by atoms with Crippen LogP contribution in [0.15, 0.2) is 30.5 Å². The third-order valence-corrected chi connectivity index (χ3v) is 2.50. The molecule has 0 saturated heterocycles. The number of carbonyl (C=O) groups is 1. The lowest BCUT2D eigenvalue weighted by Gasteiger charge is -2.00. The average Bonchev–Trinajstić information content (AvgIpc) is 2.57. The fourth-order valence-electron chi connectivity index (χ4n) is 1.69. The number of aromatic nitrogens is 1. The smallest absolute Gasteiger partial charge is 0.120 e. The Balaban J connectivity index is 2.39. The lowest BCUT2D eigenvalue weighted by atomic mass is 10.1. The molecule has 0 spiro atoms. The summed E-state index contributed by atoms with van der Waals surface area (Å²) in [6.07, 6.45) is 4.46. The van der Waals surface area contributed by atoms with Crippen LogP contribution in [-0.2, 0) is 18.3 Å². The van der Waals surface area contributed by atoms with Crippen LogP contribution in [0.25, 0.3) is 10.9 Å². The molecule has 0 fully saturated rings. The first-order chi connectivity index (χ1) is 6.81. The van der Waals surface area contributed by atoms with E-state index in [1.807, 2.05) is 13.2 Å². The Labute approximate surface area is 83.2 Å². The van der Waals surface area contributed by atoms with Gasteiger partial charge in [-0.2, -0.15) is 0 Å². The lowest BCUT2D eigenvalue weighted by Crippen LogP contribution is -1.88. The van der Waals surface area contributed by atoms with E-state index in [0.29, 0.717) is 6.42 Å². The van der Waals surface area contributed by atoms with Gasteiger partial charge in [-0.25, -0.2) is 0 Å². The molecule has 1 heterocycles. The van der Waals surface area contributed by atoms with E-state index in [1.165, 1.54) is 16.5 Å². The van der Waals surface area contributed by atoms with Gasteiger partial charge in [0.05, 0.1) is 0 Å². The number of aldehydes is 1. The summed E-state index contributed by atoms with van der Waals surface area (Å²) >= 11 is 0. The van der Waals surface area contributed by atoms with E-state index in [4.69, 9.17) is 0 Å². The highest BCUT2D eigenvalue weighted by molar-refractivity contribution is 5.80. The van der Waals surface area contributed by atoms with Gasteiger partial charge in [0.2, 0.25) is 0 Å². The lowest BCUT2D eigenvalue weighted by molar-refractivity contribution is -0.107. The topological polar surface area (TPSA) is 22.0 Å². The van der Waals surface area contributed by atoms with Crippen LogP contribution in [0, 0.1) is 0 Å². The molecule has 0 N–H and O–H groups in total. The molecule has 72 valence electrons. The molecular formula is C12H13NO. The first kappa shape index (κ1) is 9.00.